The van der Waals surface area contributed by atoms with Crippen molar-refractivity contribution in [2.24, 2.45) is 11.3 Å². The van der Waals surface area contributed by atoms with Gasteiger partial charge >= 0.3 is 6.03 Å². The number of rotatable bonds is 5. The molecule has 0 radical (unpaired) electrons. The first-order valence-electron chi connectivity index (χ1n) is 7.72. The van der Waals surface area contributed by atoms with Crippen molar-refractivity contribution in [2.75, 3.05) is 19.8 Å². The molecular weight excluding hydrogens is 240 g/mol. The van der Waals surface area contributed by atoms with Gasteiger partial charge in [0.1, 0.15) is 0 Å². The highest BCUT2D eigenvalue weighted by Gasteiger charge is 2.34. The van der Waals surface area contributed by atoms with E-state index in [1.807, 2.05) is 0 Å². The Morgan fingerprint density at radius 3 is 2.68 bits per heavy atom. The van der Waals surface area contributed by atoms with Crippen LogP contribution < -0.4 is 10.6 Å². The highest BCUT2D eigenvalue weighted by atomic mass is 16.5. The van der Waals surface area contributed by atoms with Crippen LogP contribution >= 0.6 is 0 Å². The maximum Gasteiger partial charge on any atom is 0.315 e. The molecule has 1 heterocycles. The predicted molar refractivity (Wildman–Crippen MR) is 76.1 cm³/mol. The first kappa shape index (κ1) is 14.6. The number of urea groups is 1. The van der Waals surface area contributed by atoms with Gasteiger partial charge in [0.15, 0.2) is 0 Å². The zero-order chi connectivity index (χ0) is 13.7. The van der Waals surface area contributed by atoms with Gasteiger partial charge < -0.3 is 15.4 Å². The second-order valence-electron chi connectivity index (χ2n) is 6.69. The van der Waals surface area contributed by atoms with Gasteiger partial charge in [0.25, 0.3) is 0 Å². The number of nitrogens with one attached hydrogen (secondary N) is 2. The Labute approximate surface area is 116 Å². The van der Waals surface area contributed by atoms with Crippen LogP contribution in [0, 0.1) is 11.3 Å². The summed E-state index contributed by atoms with van der Waals surface area (Å²) in [7, 11) is 0. The SMILES string of the molecule is CC(C)CC1(CNC(=O)NC2CCOC2)CCCC1. The molecule has 1 saturated carbocycles. The Hall–Kier alpha value is -0.770. The molecule has 4 heteroatoms. The molecule has 1 saturated heterocycles. The maximum atomic E-state index is 11.9. The van der Waals surface area contributed by atoms with Gasteiger partial charge in [0.05, 0.1) is 12.6 Å². The van der Waals surface area contributed by atoms with Crippen molar-refractivity contribution >= 4 is 6.03 Å². The lowest BCUT2D eigenvalue weighted by Crippen LogP contribution is -2.46. The molecule has 1 atom stereocenters. The van der Waals surface area contributed by atoms with E-state index in [1.165, 1.54) is 32.1 Å². The molecule has 0 spiro atoms. The van der Waals surface area contributed by atoms with Gasteiger partial charge in [-0.05, 0) is 37.0 Å². The summed E-state index contributed by atoms with van der Waals surface area (Å²) in [6.45, 7) is 6.80. The van der Waals surface area contributed by atoms with Gasteiger partial charge in [-0.1, -0.05) is 26.7 Å². The minimum atomic E-state index is -0.0227. The van der Waals surface area contributed by atoms with E-state index in [4.69, 9.17) is 4.74 Å². The Bertz CT molecular complexity index is 293. The molecule has 0 bridgehead atoms. The number of hydrogen-bond acceptors (Lipinski definition) is 2. The first-order valence-corrected chi connectivity index (χ1v) is 7.72. The van der Waals surface area contributed by atoms with Crippen LogP contribution in [-0.2, 0) is 4.74 Å². The molecule has 110 valence electrons. The summed E-state index contributed by atoms with van der Waals surface area (Å²) < 4.78 is 5.27. The van der Waals surface area contributed by atoms with Crippen molar-refractivity contribution < 1.29 is 9.53 Å². The van der Waals surface area contributed by atoms with Gasteiger partial charge in [0.2, 0.25) is 0 Å². The number of ether oxygens (including phenoxy) is 1. The molecule has 19 heavy (non-hydrogen) atoms. The summed E-state index contributed by atoms with van der Waals surface area (Å²) >= 11 is 0. The lowest BCUT2D eigenvalue weighted by Gasteiger charge is -2.31. The summed E-state index contributed by atoms with van der Waals surface area (Å²) in [4.78, 5) is 11.9. The summed E-state index contributed by atoms with van der Waals surface area (Å²) in [5.74, 6) is 0.700. The van der Waals surface area contributed by atoms with E-state index < -0.39 is 0 Å². The van der Waals surface area contributed by atoms with E-state index >= 15 is 0 Å². The quantitative estimate of drug-likeness (QED) is 0.805. The molecule has 0 aromatic carbocycles. The van der Waals surface area contributed by atoms with Crippen molar-refractivity contribution in [3.8, 4) is 0 Å². The molecule has 1 aliphatic carbocycles. The van der Waals surface area contributed by atoms with E-state index in [2.05, 4.69) is 24.5 Å². The third-order valence-corrected chi connectivity index (χ3v) is 4.39. The van der Waals surface area contributed by atoms with Crippen LogP contribution in [0.5, 0.6) is 0 Å². The second-order valence-corrected chi connectivity index (χ2v) is 6.69. The maximum absolute atomic E-state index is 11.9. The third kappa shape index (κ3) is 4.37. The highest BCUT2D eigenvalue weighted by molar-refractivity contribution is 5.74. The fraction of sp³-hybridized carbons (Fsp3) is 0.933. The summed E-state index contributed by atoms with van der Waals surface area (Å²) in [5.41, 5.74) is 0.345. The number of carbonyl (C=O) groups excluding carboxylic acids is 1. The molecule has 1 aliphatic heterocycles. The van der Waals surface area contributed by atoms with Crippen molar-refractivity contribution in [3.05, 3.63) is 0 Å². The van der Waals surface area contributed by atoms with Crippen LogP contribution in [0.25, 0.3) is 0 Å². The van der Waals surface area contributed by atoms with Gasteiger partial charge in [-0.15, -0.1) is 0 Å². The fourth-order valence-corrected chi connectivity index (χ4v) is 3.60. The molecule has 2 amide bonds. The lowest BCUT2D eigenvalue weighted by molar-refractivity contribution is 0.186. The van der Waals surface area contributed by atoms with Gasteiger partial charge in [0, 0.05) is 13.2 Å². The standard InChI is InChI=1S/C15H28N2O2/c1-12(2)9-15(6-3-4-7-15)11-16-14(18)17-13-5-8-19-10-13/h12-13H,3-11H2,1-2H3,(H2,16,17,18). The van der Waals surface area contributed by atoms with E-state index in [0.29, 0.717) is 17.9 Å². The Balaban J connectivity index is 1.76. The summed E-state index contributed by atoms with van der Waals surface area (Å²) in [6, 6.07) is 0.176. The lowest BCUT2D eigenvalue weighted by atomic mass is 9.78. The van der Waals surface area contributed by atoms with Crippen LogP contribution in [0.1, 0.15) is 52.4 Å². The number of amides is 2. The Kier molecular flexibility index (Phi) is 5.08. The summed E-state index contributed by atoms with van der Waals surface area (Å²) in [5, 5.41) is 6.09. The van der Waals surface area contributed by atoms with Gasteiger partial charge in [-0.25, -0.2) is 4.79 Å². The first-order chi connectivity index (χ1) is 9.10. The van der Waals surface area contributed by atoms with Gasteiger partial charge in [-0.3, -0.25) is 0 Å². The van der Waals surface area contributed by atoms with Crippen molar-refractivity contribution in [1.29, 1.82) is 0 Å². The molecule has 2 aliphatic rings. The van der Waals surface area contributed by atoms with E-state index in [1.54, 1.807) is 0 Å². The molecule has 2 N–H and O–H groups in total. The molecule has 2 fully saturated rings. The fourth-order valence-electron chi connectivity index (χ4n) is 3.60. The van der Waals surface area contributed by atoms with Crippen LogP contribution in [0.2, 0.25) is 0 Å². The zero-order valence-electron chi connectivity index (χ0n) is 12.3. The van der Waals surface area contributed by atoms with Crippen LogP contribution in [0.4, 0.5) is 4.79 Å². The van der Waals surface area contributed by atoms with E-state index in [-0.39, 0.29) is 12.1 Å². The van der Waals surface area contributed by atoms with E-state index in [0.717, 1.165) is 19.6 Å². The summed E-state index contributed by atoms with van der Waals surface area (Å²) in [6.07, 6.45) is 7.30. The average molecular weight is 268 g/mol. The topological polar surface area (TPSA) is 50.4 Å². The number of hydrogen-bond donors (Lipinski definition) is 2. The number of carbonyl (C=O) groups is 1. The van der Waals surface area contributed by atoms with Crippen LogP contribution in [-0.4, -0.2) is 31.8 Å². The third-order valence-electron chi connectivity index (χ3n) is 4.39. The molecule has 2 rings (SSSR count). The van der Waals surface area contributed by atoms with Gasteiger partial charge in [-0.2, -0.15) is 0 Å². The minimum absolute atomic E-state index is 0.0227. The van der Waals surface area contributed by atoms with Crippen molar-refractivity contribution in [3.63, 3.8) is 0 Å². The van der Waals surface area contributed by atoms with Crippen molar-refractivity contribution in [2.45, 2.75) is 58.4 Å². The monoisotopic (exact) mass is 268 g/mol. The van der Waals surface area contributed by atoms with E-state index in [9.17, 15) is 4.79 Å². The highest BCUT2D eigenvalue weighted by Crippen LogP contribution is 2.42. The second kappa shape index (κ2) is 6.60. The predicted octanol–water partition coefficient (Wildman–Crippen LogP) is 2.68. The molecule has 1 unspecified atom stereocenters. The zero-order valence-corrected chi connectivity index (χ0v) is 12.3. The smallest absolute Gasteiger partial charge is 0.315 e. The molecule has 4 nitrogen and oxygen atoms in total. The largest absolute Gasteiger partial charge is 0.379 e. The van der Waals surface area contributed by atoms with Crippen LogP contribution in [0.3, 0.4) is 0 Å². The molecular formula is C15H28N2O2. The average Bonchev–Trinajstić information content (AvgIpc) is 2.98. The van der Waals surface area contributed by atoms with Crippen LogP contribution in [0.15, 0.2) is 0 Å². The Morgan fingerprint density at radius 2 is 2.11 bits per heavy atom. The molecule has 0 aromatic rings. The Morgan fingerprint density at radius 1 is 1.37 bits per heavy atom. The minimum Gasteiger partial charge on any atom is -0.379 e. The molecule has 0 aromatic heterocycles. The van der Waals surface area contributed by atoms with Crippen molar-refractivity contribution in [1.82, 2.24) is 10.6 Å². The normalized spacial score (nSPS) is 25.7.